The Morgan fingerprint density at radius 1 is 1.47 bits per heavy atom. The van der Waals surface area contributed by atoms with Crippen molar-refractivity contribution in [3.8, 4) is 0 Å². The van der Waals surface area contributed by atoms with E-state index in [1.807, 2.05) is 13.8 Å². The van der Waals surface area contributed by atoms with Gasteiger partial charge in [0.05, 0.1) is 0 Å². The van der Waals surface area contributed by atoms with E-state index in [-0.39, 0.29) is 5.82 Å². The summed E-state index contributed by atoms with van der Waals surface area (Å²) in [6.45, 7) is 5.30. The standard InChI is InChI=1S/C12H15ClFN/c1-9(2)5-6-15-8-10-7-11(13)3-4-12(10)14/h3-5,7,15H,6,8H2,1-2H3. The van der Waals surface area contributed by atoms with E-state index in [0.29, 0.717) is 17.1 Å². The van der Waals surface area contributed by atoms with E-state index in [9.17, 15) is 4.39 Å². The smallest absolute Gasteiger partial charge is 0.127 e. The van der Waals surface area contributed by atoms with Gasteiger partial charge in [0.15, 0.2) is 0 Å². The van der Waals surface area contributed by atoms with E-state index < -0.39 is 0 Å². The Morgan fingerprint density at radius 3 is 2.87 bits per heavy atom. The van der Waals surface area contributed by atoms with E-state index in [1.54, 1.807) is 12.1 Å². The van der Waals surface area contributed by atoms with Gasteiger partial charge in [-0.05, 0) is 32.0 Å². The molecule has 3 heteroatoms. The normalized spacial score (nSPS) is 10.1. The van der Waals surface area contributed by atoms with Crippen LogP contribution in [0.3, 0.4) is 0 Å². The summed E-state index contributed by atoms with van der Waals surface area (Å²) < 4.78 is 13.2. The van der Waals surface area contributed by atoms with Gasteiger partial charge in [0, 0.05) is 23.7 Å². The first-order valence-corrected chi connectivity index (χ1v) is 5.25. The van der Waals surface area contributed by atoms with Crippen LogP contribution in [0.25, 0.3) is 0 Å². The molecule has 0 radical (unpaired) electrons. The minimum Gasteiger partial charge on any atom is -0.309 e. The summed E-state index contributed by atoms with van der Waals surface area (Å²) in [5, 5.41) is 3.69. The molecule has 0 aliphatic carbocycles. The molecule has 0 aliphatic rings. The van der Waals surface area contributed by atoms with Crippen LogP contribution in [-0.4, -0.2) is 6.54 Å². The van der Waals surface area contributed by atoms with Crippen LogP contribution in [0.4, 0.5) is 4.39 Å². The third-order valence-electron chi connectivity index (χ3n) is 1.98. The van der Waals surface area contributed by atoms with Crippen molar-refractivity contribution in [1.29, 1.82) is 0 Å². The molecule has 1 aromatic carbocycles. The van der Waals surface area contributed by atoms with Gasteiger partial charge in [-0.2, -0.15) is 0 Å². The fraction of sp³-hybridized carbons (Fsp3) is 0.333. The molecule has 15 heavy (non-hydrogen) atoms. The Hall–Kier alpha value is -0.860. The van der Waals surface area contributed by atoms with Gasteiger partial charge in [-0.15, -0.1) is 0 Å². The number of halogens is 2. The molecule has 0 aliphatic heterocycles. The van der Waals surface area contributed by atoms with Gasteiger partial charge in [-0.25, -0.2) is 4.39 Å². The van der Waals surface area contributed by atoms with E-state index in [2.05, 4.69) is 11.4 Å². The highest BCUT2D eigenvalue weighted by molar-refractivity contribution is 6.30. The zero-order chi connectivity index (χ0) is 11.3. The summed E-state index contributed by atoms with van der Waals surface area (Å²) in [6.07, 6.45) is 2.06. The fourth-order valence-corrected chi connectivity index (χ4v) is 1.36. The number of rotatable bonds is 4. The summed E-state index contributed by atoms with van der Waals surface area (Å²) in [6, 6.07) is 4.59. The summed E-state index contributed by atoms with van der Waals surface area (Å²) in [5.41, 5.74) is 1.85. The molecule has 0 spiro atoms. The zero-order valence-corrected chi connectivity index (χ0v) is 9.74. The SMILES string of the molecule is CC(C)=CCNCc1cc(Cl)ccc1F. The quantitative estimate of drug-likeness (QED) is 0.613. The van der Waals surface area contributed by atoms with Gasteiger partial charge in [-0.3, -0.25) is 0 Å². The van der Waals surface area contributed by atoms with Crippen LogP contribution >= 0.6 is 11.6 Å². The number of hydrogen-bond donors (Lipinski definition) is 1. The Balaban J connectivity index is 2.50. The molecule has 1 nitrogen and oxygen atoms in total. The molecule has 1 aromatic rings. The molecular formula is C12H15ClFN. The third kappa shape index (κ3) is 4.45. The lowest BCUT2D eigenvalue weighted by Crippen LogP contribution is -2.14. The van der Waals surface area contributed by atoms with Gasteiger partial charge >= 0.3 is 0 Å². The highest BCUT2D eigenvalue weighted by Gasteiger charge is 2.01. The zero-order valence-electron chi connectivity index (χ0n) is 8.98. The average molecular weight is 228 g/mol. The molecule has 1 rings (SSSR count). The maximum atomic E-state index is 13.2. The van der Waals surface area contributed by atoms with E-state index in [1.165, 1.54) is 11.6 Å². The minimum absolute atomic E-state index is 0.218. The maximum Gasteiger partial charge on any atom is 0.127 e. The van der Waals surface area contributed by atoms with Crippen molar-refractivity contribution in [1.82, 2.24) is 5.32 Å². The average Bonchev–Trinajstić information content (AvgIpc) is 2.17. The van der Waals surface area contributed by atoms with Crippen LogP contribution in [0.5, 0.6) is 0 Å². The van der Waals surface area contributed by atoms with Crippen LogP contribution in [0, 0.1) is 5.82 Å². The highest BCUT2D eigenvalue weighted by Crippen LogP contribution is 2.14. The number of benzene rings is 1. The third-order valence-corrected chi connectivity index (χ3v) is 2.21. The highest BCUT2D eigenvalue weighted by atomic mass is 35.5. The molecule has 82 valence electrons. The topological polar surface area (TPSA) is 12.0 Å². The molecule has 0 fully saturated rings. The minimum atomic E-state index is -0.218. The number of hydrogen-bond acceptors (Lipinski definition) is 1. The van der Waals surface area contributed by atoms with Crippen molar-refractivity contribution in [3.05, 3.63) is 46.3 Å². The fourth-order valence-electron chi connectivity index (χ4n) is 1.16. The molecule has 0 heterocycles. The number of nitrogens with one attached hydrogen (secondary N) is 1. The van der Waals surface area contributed by atoms with Crippen LogP contribution in [-0.2, 0) is 6.54 Å². The van der Waals surface area contributed by atoms with Crippen molar-refractivity contribution in [3.63, 3.8) is 0 Å². The lowest BCUT2D eigenvalue weighted by atomic mass is 10.2. The van der Waals surface area contributed by atoms with Crippen molar-refractivity contribution in [2.45, 2.75) is 20.4 Å². The van der Waals surface area contributed by atoms with Crippen LogP contribution in [0.2, 0.25) is 5.02 Å². The molecular weight excluding hydrogens is 213 g/mol. The second-order valence-corrected chi connectivity index (χ2v) is 4.08. The lowest BCUT2D eigenvalue weighted by Gasteiger charge is -2.04. The second-order valence-electron chi connectivity index (χ2n) is 3.65. The van der Waals surface area contributed by atoms with E-state index in [0.717, 1.165) is 6.54 Å². The Kier molecular flexibility index (Phi) is 4.79. The Bertz CT molecular complexity index is 357. The van der Waals surface area contributed by atoms with E-state index in [4.69, 9.17) is 11.6 Å². The summed E-state index contributed by atoms with van der Waals surface area (Å²) in [4.78, 5) is 0. The van der Waals surface area contributed by atoms with Gasteiger partial charge < -0.3 is 5.32 Å². The number of allylic oxidation sites excluding steroid dienone is 1. The summed E-state index contributed by atoms with van der Waals surface area (Å²) in [7, 11) is 0. The van der Waals surface area contributed by atoms with Gasteiger partial charge in [0.1, 0.15) is 5.82 Å². The largest absolute Gasteiger partial charge is 0.309 e. The maximum absolute atomic E-state index is 13.2. The molecule has 0 saturated carbocycles. The molecule has 0 aromatic heterocycles. The van der Waals surface area contributed by atoms with Crippen molar-refractivity contribution >= 4 is 11.6 Å². The summed E-state index contributed by atoms with van der Waals surface area (Å²) in [5.74, 6) is -0.218. The molecule has 0 amide bonds. The van der Waals surface area contributed by atoms with Crippen molar-refractivity contribution in [2.75, 3.05) is 6.54 Å². The molecule has 0 unspecified atom stereocenters. The monoisotopic (exact) mass is 227 g/mol. The van der Waals surface area contributed by atoms with E-state index >= 15 is 0 Å². The molecule has 0 saturated heterocycles. The first kappa shape index (κ1) is 12.2. The first-order valence-electron chi connectivity index (χ1n) is 4.87. The van der Waals surface area contributed by atoms with Crippen LogP contribution in [0.15, 0.2) is 29.8 Å². The molecule has 0 atom stereocenters. The predicted octanol–water partition coefficient (Wildman–Crippen LogP) is 3.53. The first-order chi connectivity index (χ1) is 7.09. The Labute approximate surface area is 95.0 Å². The predicted molar refractivity (Wildman–Crippen MR) is 62.5 cm³/mol. The van der Waals surface area contributed by atoms with Crippen LogP contribution in [0.1, 0.15) is 19.4 Å². The summed E-state index contributed by atoms with van der Waals surface area (Å²) >= 11 is 5.77. The Morgan fingerprint density at radius 2 is 2.20 bits per heavy atom. The second kappa shape index (κ2) is 5.89. The van der Waals surface area contributed by atoms with Crippen LogP contribution < -0.4 is 5.32 Å². The van der Waals surface area contributed by atoms with Crippen molar-refractivity contribution in [2.24, 2.45) is 0 Å². The van der Waals surface area contributed by atoms with Crippen molar-refractivity contribution < 1.29 is 4.39 Å². The van der Waals surface area contributed by atoms with Gasteiger partial charge in [0.25, 0.3) is 0 Å². The van der Waals surface area contributed by atoms with Gasteiger partial charge in [-0.1, -0.05) is 23.3 Å². The lowest BCUT2D eigenvalue weighted by molar-refractivity contribution is 0.596. The molecule has 0 bridgehead atoms. The molecule has 1 N–H and O–H groups in total. The van der Waals surface area contributed by atoms with Gasteiger partial charge in [0.2, 0.25) is 0 Å².